The summed E-state index contributed by atoms with van der Waals surface area (Å²) in [6, 6.07) is -0.161. The Bertz CT molecular complexity index is 669. The number of aryl methyl sites for hydroxylation is 1. The van der Waals surface area contributed by atoms with E-state index in [9.17, 15) is 9.59 Å². The highest BCUT2D eigenvalue weighted by molar-refractivity contribution is 5.84. The Morgan fingerprint density at radius 1 is 1.18 bits per heavy atom. The predicted molar refractivity (Wildman–Crippen MR) is 106 cm³/mol. The number of hydrogen-bond acceptors (Lipinski definition) is 5. The van der Waals surface area contributed by atoms with Gasteiger partial charge in [0.05, 0.1) is 24.9 Å². The van der Waals surface area contributed by atoms with Crippen LogP contribution in [0.3, 0.4) is 0 Å². The Morgan fingerprint density at radius 2 is 1.93 bits per heavy atom. The number of carbonyl (C=O) groups excluding carboxylic acids is 2. The van der Waals surface area contributed by atoms with E-state index in [0.717, 1.165) is 25.2 Å². The number of hydrogen-bond donors (Lipinski definition) is 0. The smallest absolute Gasteiger partial charge is 0.223 e. The van der Waals surface area contributed by atoms with Crippen molar-refractivity contribution >= 4 is 11.8 Å². The third-order valence-electron chi connectivity index (χ3n) is 5.68. The Labute approximate surface area is 167 Å². The topological polar surface area (TPSA) is 70.9 Å². The highest BCUT2D eigenvalue weighted by atomic mass is 16.5. The van der Waals surface area contributed by atoms with Gasteiger partial charge in [-0.15, -0.1) is 0 Å². The van der Waals surface area contributed by atoms with E-state index in [0.29, 0.717) is 13.2 Å². The maximum atomic E-state index is 13.0. The van der Waals surface area contributed by atoms with Crippen molar-refractivity contribution in [3.8, 4) is 0 Å². The number of piperidine rings is 1. The van der Waals surface area contributed by atoms with E-state index in [4.69, 9.17) is 4.74 Å². The van der Waals surface area contributed by atoms with Gasteiger partial charge in [-0.2, -0.15) is 5.10 Å². The van der Waals surface area contributed by atoms with E-state index in [1.807, 2.05) is 24.3 Å². The van der Waals surface area contributed by atoms with Gasteiger partial charge in [-0.05, 0) is 25.9 Å². The summed E-state index contributed by atoms with van der Waals surface area (Å²) in [5.41, 5.74) is 0.997. The summed E-state index contributed by atoms with van der Waals surface area (Å²) >= 11 is 0. The van der Waals surface area contributed by atoms with Gasteiger partial charge < -0.3 is 19.4 Å². The number of morpholine rings is 1. The SMILES string of the molecule is CN(C)C(=O)CCC(=O)N1CCO[C@@H](CN2CCCCC2)[C@@H]1c1cnn(C)c1. The summed E-state index contributed by atoms with van der Waals surface area (Å²) in [4.78, 5) is 30.8. The van der Waals surface area contributed by atoms with Crippen molar-refractivity contribution in [2.75, 3.05) is 46.9 Å². The minimum absolute atomic E-state index is 0.0102. The molecule has 8 nitrogen and oxygen atoms in total. The number of rotatable bonds is 6. The molecular weight excluding hydrogens is 358 g/mol. The van der Waals surface area contributed by atoms with Crippen LogP contribution < -0.4 is 0 Å². The molecule has 0 unspecified atom stereocenters. The van der Waals surface area contributed by atoms with E-state index >= 15 is 0 Å². The molecular formula is C20H33N5O3. The molecule has 0 N–H and O–H groups in total. The maximum absolute atomic E-state index is 13.0. The summed E-state index contributed by atoms with van der Waals surface area (Å²) in [6.45, 7) is 4.07. The number of nitrogens with zero attached hydrogens (tertiary/aromatic N) is 5. The molecule has 2 saturated heterocycles. The zero-order valence-corrected chi connectivity index (χ0v) is 17.3. The molecule has 0 spiro atoms. The minimum atomic E-state index is -0.161. The van der Waals surface area contributed by atoms with E-state index in [2.05, 4.69) is 10.00 Å². The van der Waals surface area contributed by atoms with Crippen molar-refractivity contribution in [3.63, 3.8) is 0 Å². The van der Waals surface area contributed by atoms with Crippen LogP contribution in [0.1, 0.15) is 43.7 Å². The van der Waals surface area contributed by atoms with Gasteiger partial charge in [0.15, 0.2) is 0 Å². The van der Waals surface area contributed by atoms with Gasteiger partial charge >= 0.3 is 0 Å². The first-order valence-electron chi connectivity index (χ1n) is 10.3. The standard InChI is InChI=1S/C20H33N5O3/c1-22(2)18(26)7-8-19(27)25-11-12-28-17(15-24-9-5-4-6-10-24)20(25)16-13-21-23(3)14-16/h13-14,17,20H,4-12,15H2,1-3H3/t17-,20-/m0/s1. The van der Waals surface area contributed by atoms with E-state index in [1.54, 1.807) is 18.8 Å². The number of ether oxygens (including phenoxy) is 1. The lowest BCUT2D eigenvalue weighted by molar-refractivity contribution is -0.150. The predicted octanol–water partition coefficient (Wildman–Crippen LogP) is 1.04. The van der Waals surface area contributed by atoms with Crippen molar-refractivity contribution in [2.24, 2.45) is 7.05 Å². The minimum Gasteiger partial charge on any atom is -0.373 e. The largest absolute Gasteiger partial charge is 0.373 e. The fourth-order valence-electron chi connectivity index (χ4n) is 4.13. The third kappa shape index (κ3) is 5.11. The second-order valence-corrected chi connectivity index (χ2v) is 8.04. The summed E-state index contributed by atoms with van der Waals surface area (Å²) in [5.74, 6) is -0.0135. The van der Waals surface area contributed by atoms with Gasteiger partial charge in [0, 0.05) is 58.8 Å². The second-order valence-electron chi connectivity index (χ2n) is 8.04. The zero-order chi connectivity index (χ0) is 20.1. The molecule has 0 bridgehead atoms. The summed E-state index contributed by atoms with van der Waals surface area (Å²) in [7, 11) is 5.32. The molecule has 1 aromatic heterocycles. The zero-order valence-electron chi connectivity index (χ0n) is 17.3. The first kappa shape index (κ1) is 20.8. The molecule has 2 atom stereocenters. The van der Waals surface area contributed by atoms with Gasteiger partial charge in [0.25, 0.3) is 0 Å². The molecule has 156 valence electrons. The number of likely N-dealkylation sites (tertiary alicyclic amines) is 1. The summed E-state index contributed by atoms with van der Waals surface area (Å²) < 4.78 is 7.92. The molecule has 0 radical (unpaired) electrons. The van der Waals surface area contributed by atoms with E-state index < -0.39 is 0 Å². The number of carbonyl (C=O) groups is 2. The van der Waals surface area contributed by atoms with E-state index in [-0.39, 0.29) is 36.8 Å². The van der Waals surface area contributed by atoms with Gasteiger partial charge in [-0.25, -0.2) is 0 Å². The molecule has 3 rings (SSSR count). The fraction of sp³-hybridized carbons (Fsp3) is 0.750. The Balaban J connectivity index is 1.74. The van der Waals surface area contributed by atoms with E-state index in [1.165, 1.54) is 24.2 Å². The van der Waals surface area contributed by atoms with Crippen molar-refractivity contribution < 1.29 is 14.3 Å². The monoisotopic (exact) mass is 391 g/mol. The first-order valence-corrected chi connectivity index (χ1v) is 10.3. The second kappa shape index (κ2) is 9.52. The molecule has 0 aliphatic carbocycles. The first-order chi connectivity index (χ1) is 13.5. The molecule has 1 aromatic rings. The molecule has 2 fully saturated rings. The van der Waals surface area contributed by atoms with Gasteiger partial charge in [0.2, 0.25) is 11.8 Å². The normalized spacial score (nSPS) is 23.6. The van der Waals surface area contributed by atoms with Crippen molar-refractivity contribution in [1.82, 2.24) is 24.5 Å². The molecule has 2 aliphatic rings. The van der Waals surface area contributed by atoms with Gasteiger partial charge in [-0.3, -0.25) is 14.3 Å². The van der Waals surface area contributed by atoms with Crippen LogP contribution in [0.25, 0.3) is 0 Å². The molecule has 2 aliphatic heterocycles. The van der Waals surface area contributed by atoms with Crippen LogP contribution in [0.5, 0.6) is 0 Å². The Hall–Kier alpha value is -1.93. The third-order valence-corrected chi connectivity index (χ3v) is 5.68. The quantitative estimate of drug-likeness (QED) is 0.725. The number of amides is 2. The van der Waals surface area contributed by atoms with Crippen LogP contribution in [0.15, 0.2) is 12.4 Å². The average Bonchev–Trinajstić information content (AvgIpc) is 3.12. The average molecular weight is 392 g/mol. The van der Waals surface area contributed by atoms with Crippen LogP contribution in [-0.2, 0) is 21.4 Å². The van der Waals surface area contributed by atoms with Crippen LogP contribution in [0.4, 0.5) is 0 Å². The van der Waals surface area contributed by atoms with Crippen LogP contribution in [0, 0.1) is 0 Å². The van der Waals surface area contributed by atoms with Gasteiger partial charge in [-0.1, -0.05) is 6.42 Å². The summed E-state index contributed by atoms with van der Waals surface area (Å²) in [6.07, 6.45) is 7.91. The molecule has 3 heterocycles. The van der Waals surface area contributed by atoms with Crippen molar-refractivity contribution in [2.45, 2.75) is 44.2 Å². The van der Waals surface area contributed by atoms with Crippen molar-refractivity contribution in [1.29, 1.82) is 0 Å². The Kier molecular flexibility index (Phi) is 7.07. The Morgan fingerprint density at radius 3 is 2.57 bits per heavy atom. The highest BCUT2D eigenvalue weighted by Gasteiger charge is 2.38. The maximum Gasteiger partial charge on any atom is 0.223 e. The molecule has 8 heteroatoms. The number of aromatic nitrogens is 2. The molecule has 28 heavy (non-hydrogen) atoms. The van der Waals surface area contributed by atoms with Crippen molar-refractivity contribution in [3.05, 3.63) is 18.0 Å². The molecule has 2 amide bonds. The fourth-order valence-corrected chi connectivity index (χ4v) is 4.13. The van der Waals surface area contributed by atoms with Crippen LogP contribution in [0.2, 0.25) is 0 Å². The van der Waals surface area contributed by atoms with Crippen LogP contribution >= 0.6 is 0 Å². The lowest BCUT2D eigenvalue weighted by Gasteiger charge is -2.43. The lowest BCUT2D eigenvalue weighted by Crippen LogP contribution is -2.52. The van der Waals surface area contributed by atoms with Crippen LogP contribution in [-0.4, -0.2) is 89.3 Å². The highest BCUT2D eigenvalue weighted by Crippen LogP contribution is 2.31. The lowest BCUT2D eigenvalue weighted by atomic mass is 9.98. The molecule has 0 saturated carbocycles. The summed E-state index contributed by atoms with van der Waals surface area (Å²) in [5, 5.41) is 4.31. The molecule has 0 aromatic carbocycles. The van der Waals surface area contributed by atoms with Gasteiger partial charge in [0.1, 0.15) is 0 Å².